The summed E-state index contributed by atoms with van der Waals surface area (Å²) in [6.45, 7) is 3.95. The Morgan fingerprint density at radius 3 is 2.59 bits per heavy atom. The second kappa shape index (κ2) is 6.40. The summed E-state index contributed by atoms with van der Waals surface area (Å²) in [7, 11) is -3.22. The largest absolute Gasteiger partial charge is 0.283 e. The van der Waals surface area contributed by atoms with Gasteiger partial charge in [-0.25, -0.2) is 8.42 Å². The molecular formula is C12H18BrNO2S. The number of rotatable bonds is 6. The van der Waals surface area contributed by atoms with E-state index in [-0.39, 0.29) is 10.6 Å². The highest BCUT2D eigenvalue weighted by molar-refractivity contribution is 9.09. The molecule has 1 atom stereocenters. The topological polar surface area (TPSA) is 46.2 Å². The van der Waals surface area contributed by atoms with E-state index in [1.165, 1.54) is 0 Å². The van der Waals surface area contributed by atoms with Crippen molar-refractivity contribution < 1.29 is 8.42 Å². The third-order valence-electron chi connectivity index (χ3n) is 2.42. The van der Waals surface area contributed by atoms with Crippen LogP contribution in [0.5, 0.6) is 0 Å². The first-order valence-electron chi connectivity index (χ1n) is 5.69. The van der Waals surface area contributed by atoms with Gasteiger partial charge < -0.3 is 0 Å². The van der Waals surface area contributed by atoms with Crippen LogP contribution in [0, 0.1) is 0 Å². The summed E-state index contributed by atoms with van der Waals surface area (Å²) in [4.78, 5) is 0.118. The number of para-hydroxylation sites is 1. The van der Waals surface area contributed by atoms with Gasteiger partial charge in [0.1, 0.15) is 0 Å². The van der Waals surface area contributed by atoms with Gasteiger partial charge in [0.15, 0.2) is 0 Å². The van der Waals surface area contributed by atoms with E-state index < -0.39 is 10.0 Å². The van der Waals surface area contributed by atoms with Gasteiger partial charge in [-0.2, -0.15) is 0 Å². The summed E-state index contributed by atoms with van der Waals surface area (Å²) >= 11 is 3.46. The standard InChI is InChI=1S/C12H18BrNO2S/c1-3-4-9-17(15,16)14-12-8-6-5-7-11(12)10(2)13/h5-8,10,14H,3-4,9H2,1-2H3. The minimum Gasteiger partial charge on any atom is -0.283 e. The van der Waals surface area contributed by atoms with E-state index in [1.807, 2.05) is 32.0 Å². The van der Waals surface area contributed by atoms with Crippen molar-refractivity contribution in [1.82, 2.24) is 0 Å². The third-order valence-corrected chi connectivity index (χ3v) is 4.27. The van der Waals surface area contributed by atoms with Gasteiger partial charge in [-0.15, -0.1) is 0 Å². The number of sulfonamides is 1. The van der Waals surface area contributed by atoms with Crippen LogP contribution < -0.4 is 4.72 Å². The van der Waals surface area contributed by atoms with Gasteiger partial charge in [0.2, 0.25) is 10.0 Å². The van der Waals surface area contributed by atoms with Crippen LogP contribution in [0.25, 0.3) is 0 Å². The Balaban J connectivity index is 2.88. The van der Waals surface area contributed by atoms with E-state index >= 15 is 0 Å². The summed E-state index contributed by atoms with van der Waals surface area (Å²) in [6, 6.07) is 7.43. The van der Waals surface area contributed by atoms with Crippen LogP contribution in [0.4, 0.5) is 5.69 Å². The SMILES string of the molecule is CCCCS(=O)(=O)Nc1ccccc1C(C)Br. The number of halogens is 1. The Labute approximate surface area is 112 Å². The zero-order valence-corrected chi connectivity index (χ0v) is 12.5. The van der Waals surface area contributed by atoms with Crippen molar-refractivity contribution >= 4 is 31.6 Å². The molecule has 0 amide bonds. The lowest BCUT2D eigenvalue weighted by Crippen LogP contribution is -2.17. The van der Waals surface area contributed by atoms with Crippen LogP contribution in [0.1, 0.15) is 37.1 Å². The van der Waals surface area contributed by atoms with E-state index in [1.54, 1.807) is 6.07 Å². The Bertz CT molecular complexity index is 457. The van der Waals surface area contributed by atoms with Crippen LogP contribution in [0.3, 0.4) is 0 Å². The van der Waals surface area contributed by atoms with Gasteiger partial charge in [0.25, 0.3) is 0 Å². The molecule has 0 aromatic heterocycles. The number of hydrogen-bond donors (Lipinski definition) is 1. The Kier molecular flexibility index (Phi) is 5.46. The quantitative estimate of drug-likeness (QED) is 0.813. The molecule has 1 N–H and O–H groups in total. The summed E-state index contributed by atoms with van der Waals surface area (Å²) in [5.41, 5.74) is 1.61. The fourth-order valence-electron chi connectivity index (χ4n) is 1.49. The van der Waals surface area contributed by atoms with Crippen molar-refractivity contribution in [2.24, 2.45) is 0 Å². The van der Waals surface area contributed by atoms with Gasteiger partial charge in [-0.1, -0.05) is 47.5 Å². The highest BCUT2D eigenvalue weighted by atomic mass is 79.9. The van der Waals surface area contributed by atoms with Crippen LogP contribution in [-0.2, 0) is 10.0 Å². The van der Waals surface area contributed by atoms with E-state index in [9.17, 15) is 8.42 Å². The molecular weight excluding hydrogens is 302 g/mol. The van der Waals surface area contributed by atoms with Crippen molar-refractivity contribution in [3.05, 3.63) is 29.8 Å². The molecule has 3 nitrogen and oxygen atoms in total. The Hall–Kier alpha value is -0.550. The van der Waals surface area contributed by atoms with Crippen LogP contribution >= 0.6 is 15.9 Å². The molecule has 1 aromatic carbocycles. The van der Waals surface area contributed by atoms with Crippen molar-refractivity contribution in [3.8, 4) is 0 Å². The molecule has 0 saturated heterocycles. The van der Waals surface area contributed by atoms with Crippen molar-refractivity contribution in [3.63, 3.8) is 0 Å². The first-order valence-corrected chi connectivity index (χ1v) is 8.26. The van der Waals surface area contributed by atoms with E-state index in [0.29, 0.717) is 12.1 Å². The first-order chi connectivity index (χ1) is 7.96. The number of benzene rings is 1. The summed E-state index contributed by atoms with van der Waals surface area (Å²) in [6.07, 6.45) is 1.55. The normalized spacial score (nSPS) is 13.4. The smallest absolute Gasteiger partial charge is 0.232 e. The molecule has 0 fully saturated rings. The van der Waals surface area contributed by atoms with Gasteiger partial charge in [-0.05, 0) is 25.0 Å². The van der Waals surface area contributed by atoms with Crippen LogP contribution in [0.15, 0.2) is 24.3 Å². The van der Waals surface area contributed by atoms with Gasteiger partial charge >= 0.3 is 0 Å². The maximum absolute atomic E-state index is 11.8. The van der Waals surface area contributed by atoms with Crippen molar-refractivity contribution in [1.29, 1.82) is 0 Å². The molecule has 0 aliphatic carbocycles. The lowest BCUT2D eigenvalue weighted by molar-refractivity contribution is 0.598. The highest BCUT2D eigenvalue weighted by Gasteiger charge is 2.13. The number of nitrogens with one attached hydrogen (secondary N) is 1. The van der Waals surface area contributed by atoms with Gasteiger partial charge in [0.05, 0.1) is 11.4 Å². The minimum atomic E-state index is -3.22. The summed E-state index contributed by atoms with van der Waals surface area (Å²) < 4.78 is 26.3. The maximum atomic E-state index is 11.8. The van der Waals surface area contributed by atoms with Gasteiger partial charge in [0, 0.05) is 4.83 Å². The Morgan fingerprint density at radius 2 is 2.00 bits per heavy atom. The predicted molar refractivity (Wildman–Crippen MR) is 76.1 cm³/mol. The van der Waals surface area contributed by atoms with Crippen molar-refractivity contribution in [2.75, 3.05) is 10.5 Å². The molecule has 0 aliphatic rings. The lowest BCUT2D eigenvalue weighted by Gasteiger charge is -2.13. The monoisotopic (exact) mass is 319 g/mol. The predicted octanol–water partition coefficient (Wildman–Crippen LogP) is 3.68. The fraction of sp³-hybridized carbons (Fsp3) is 0.500. The molecule has 0 bridgehead atoms. The molecule has 0 heterocycles. The highest BCUT2D eigenvalue weighted by Crippen LogP contribution is 2.29. The second-order valence-electron chi connectivity index (χ2n) is 3.98. The zero-order chi connectivity index (χ0) is 12.9. The molecule has 17 heavy (non-hydrogen) atoms. The third kappa shape index (κ3) is 4.68. The average molecular weight is 320 g/mol. The van der Waals surface area contributed by atoms with E-state index in [2.05, 4.69) is 20.7 Å². The lowest BCUT2D eigenvalue weighted by atomic mass is 10.1. The number of hydrogen-bond acceptors (Lipinski definition) is 2. The van der Waals surface area contributed by atoms with Crippen LogP contribution in [0.2, 0.25) is 0 Å². The Morgan fingerprint density at radius 1 is 1.35 bits per heavy atom. The van der Waals surface area contributed by atoms with Crippen molar-refractivity contribution in [2.45, 2.75) is 31.5 Å². The summed E-state index contributed by atoms with van der Waals surface area (Å²) in [5, 5.41) is 0. The zero-order valence-electron chi connectivity index (χ0n) is 10.1. The molecule has 0 radical (unpaired) electrons. The molecule has 1 unspecified atom stereocenters. The van der Waals surface area contributed by atoms with E-state index in [4.69, 9.17) is 0 Å². The number of anilines is 1. The molecule has 1 rings (SSSR count). The maximum Gasteiger partial charge on any atom is 0.232 e. The fourth-order valence-corrected chi connectivity index (χ4v) is 3.18. The van der Waals surface area contributed by atoms with Gasteiger partial charge in [-0.3, -0.25) is 4.72 Å². The molecule has 0 spiro atoms. The first kappa shape index (κ1) is 14.5. The van der Waals surface area contributed by atoms with Crippen LogP contribution in [-0.4, -0.2) is 14.2 Å². The second-order valence-corrected chi connectivity index (χ2v) is 7.19. The minimum absolute atomic E-state index is 0.118. The molecule has 1 aromatic rings. The average Bonchev–Trinajstić information content (AvgIpc) is 2.26. The molecule has 0 aliphatic heterocycles. The molecule has 96 valence electrons. The molecule has 5 heteroatoms. The van der Waals surface area contributed by atoms with E-state index in [0.717, 1.165) is 12.0 Å². The number of unbranched alkanes of at least 4 members (excludes halogenated alkanes) is 1. The molecule has 0 saturated carbocycles. The summed E-state index contributed by atoms with van der Waals surface area (Å²) in [5.74, 6) is 0.175. The number of alkyl halides is 1.